The van der Waals surface area contributed by atoms with Gasteiger partial charge in [-0.2, -0.15) is 0 Å². The van der Waals surface area contributed by atoms with Crippen molar-refractivity contribution in [3.63, 3.8) is 0 Å². The van der Waals surface area contributed by atoms with E-state index in [9.17, 15) is 9.18 Å². The quantitative estimate of drug-likeness (QED) is 0.708. The predicted octanol–water partition coefficient (Wildman–Crippen LogP) is 4.43. The van der Waals surface area contributed by atoms with Crippen LogP contribution >= 0.6 is 11.6 Å². The summed E-state index contributed by atoms with van der Waals surface area (Å²) in [6.45, 7) is 3.83. The Morgan fingerprint density at radius 2 is 2.08 bits per heavy atom. The van der Waals surface area contributed by atoms with Crippen molar-refractivity contribution in [2.24, 2.45) is 11.8 Å². The largest absolute Gasteiger partial charge is 0.299 e. The van der Waals surface area contributed by atoms with Crippen molar-refractivity contribution in [3.8, 4) is 0 Å². The molecule has 1 aromatic heterocycles. The first-order chi connectivity index (χ1) is 11.9. The number of fused-ring (bicyclic) bond motifs is 3. The molecule has 3 nitrogen and oxygen atoms in total. The topological polar surface area (TPSA) is 42.9 Å². The van der Waals surface area contributed by atoms with Gasteiger partial charge in [-0.05, 0) is 49.8 Å². The van der Waals surface area contributed by atoms with Gasteiger partial charge < -0.3 is 0 Å². The van der Waals surface area contributed by atoms with Gasteiger partial charge in [0.2, 0.25) is 0 Å². The number of hydrogen-bond acceptors (Lipinski definition) is 3. The second-order valence-corrected chi connectivity index (χ2v) is 7.63. The molecule has 0 bridgehead atoms. The van der Waals surface area contributed by atoms with E-state index in [-0.39, 0.29) is 23.4 Å². The highest BCUT2D eigenvalue weighted by atomic mass is 35.5. The fraction of sp³-hybridized carbons (Fsp3) is 0.450. The van der Waals surface area contributed by atoms with E-state index in [0.29, 0.717) is 23.8 Å². The molecule has 5 heteroatoms. The fourth-order valence-corrected chi connectivity index (χ4v) is 5.19. The van der Waals surface area contributed by atoms with Crippen LogP contribution in [-0.2, 0) is 16.6 Å². The molecule has 0 aliphatic heterocycles. The van der Waals surface area contributed by atoms with Crippen LogP contribution in [0.2, 0.25) is 5.15 Å². The van der Waals surface area contributed by atoms with Crippen LogP contribution in [-0.4, -0.2) is 15.8 Å². The molecule has 1 fully saturated rings. The number of aromatic nitrogens is 2. The van der Waals surface area contributed by atoms with Gasteiger partial charge in [0.1, 0.15) is 22.6 Å². The van der Waals surface area contributed by atoms with Gasteiger partial charge in [-0.3, -0.25) is 4.79 Å². The highest BCUT2D eigenvalue weighted by Crippen LogP contribution is 2.55. The van der Waals surface area contributed by atoms with Crippen molar-refractivity contribution >= 4 is 17.4 Å². The molecule has 0 spiro atoms. The van der Waals surface area contributed by atoms with E-state index in [4.69, 9.17) is 16.6 Å². The van der Waals surface area contributed by atoms with Crippen molar-refractivity contribution in [2.45, 2.75) is 44.9 Å². The molecule has 2 aromatic rings. The molecular weight excluding hydrogens is 339 g/mol. The summed E-state index contributed by atoms with van der Waals surface area (Å²) in [7, 11) is 0. The summed E-state index contributed by atoms with van der Waals surface area (Å²) in [6, 6.07) is 6.74. The van der Waals surface area contributed by atoms with E-state index in [1.54, 1.807) is 12.1 Å². The van der Waals surface area contributed by atoms with Gasteiger partial charge in [-0.25, -0.2) is 14.4 Å². The fourth-order valence-electron chi connectivity index (χ4n) is 4.89. The molecule has 0 N–H and O–H groups in total. The van der Waals surface area contributed by atoms with E-state index in [1.165, 1.54) is 6.07 Å². The maximum absolute atomic E-state index is 14.1. The summed E-state index contributed by atoms with van der Waals surface area (Å²) >= 11 is 6.43. The summed E-state index contributed by atoms with van der Waals surface area (Å²) in [4.78, 5) is 21.5. The number of hydrogen-bond donors (Lipinski definition) is 0. The van der Waals surface area contributed by atoms with E-state index in [0.717, 1.165) is 29.7 Å². The van der Waals surface area contributed by atoms with E-state index in [2.05, 4.69) is 4.98 Å². The Morgan fingerprint density at radius 1 is 1.28 bits per heavy atom. The van der Waals surface area contributed by atoms with Crippen LogP contribution < -0.4 is 0 Å². The third-order valence-corrected chi connectivity index (χ3v) is 6.36. The SMILES string of the molecule is Cc1nc(Cl)c2c(n1)[C@@]1(c3cccc(F)c3)CCC(=O)[C@@H](C)[C@@H]1CC2. The minimum atomic E-state index is -0.472. The van der Waals surface area contributed by atoms with Crippen molar-refractivity contribution in [3.05, 3.63) is 57.9 Å². The molecule has 4 rings (SSSR count). The Bertz CT molecular complexity index is 869. The number of benzene rings is 1. The zero-order valence-corrected chi connectivity index (χ0v) is 15.1. The first kappa shape index (κ1) is 16.6. The standard InChI is InChI=1S/C20H20ClFN2O/c1-11-16-7-6-15-18(23-12(2)24-19(15)21)20(16,9-8-17(11)25)13-4-3-5-14(22)10-13/h3-5,10-11,16H,6-9H2,1-2H3/t11-,16-,20+/m0/s1. The second-order valence-electron chi connectivity index (χ2n) is 7.27. The molecule has 2 aliphatic carbocycles. The minimum Gasteiger partial charge on any atom is -0.299 e. The highest BCUT2D eigenvalue weighted by molar-refractivity contribution is 6.30. The molecule has 3 atom stereocenters. The Hall–Kier alpha value is -1.81. The molecule has 0 amide bonds. The number of ketones is 1. The van der Waals surface area contributed by atoms with Gasteiger partial charge in [0, 0.05) is 23.3 Å². The van der Waals surface area contributed by atoms with Crippen molar-refractivity contribution in [2.75, 3.05) is 0 Å². The van der Waals surface area contributed by atoms with Crippen LogP contribution in [0.25, 0.3) is 0 Å². The summed E-state index contributed by atoms with van der Waals surface area (Å²) in [5.74, 6) is 0.675. The maximum atomic E-state index is 14.1. The number of carbonyl (C=O) groups excluding carboxylic acids is 1. The molecule has 1 heterocycles. The number of aryl methyl sites for hydroxylation is 1. The lowest BCUT2D eigenvalue weighted by atomic mass is 9.53. The first-order valence-electron chi connectivity index (χ1n) is 8.75. The summed E-state index contributed by atoms with van der Waals surface area (Å²) in [5, 5.41) is 0.487. The normalized spacial score (nSPS) is 28.4. The lowest BCUT2D eigenvalue weighted by Gasteiger charge is -2.50. The maximum Gasteiger partial charge on any atom is 0.136 e. The van der Waals surface area contributed by atoms with Crippen LogP contribution in [0.1, 0.15) is 48.8 Å². The Morgan fingerprint density at radius 3 is 2.84 bits per heavy atom. The van der Waals surface area contributed by atoms with Gasteiger partial charge in [-0.15, -0.1) is 0 Å². The smallest absolute Gasteiger partial charge is 0.136 e. The van der Waals surface area contributed by atoms with Crippen molar-refractivity contribution in [1.82, 2.24) is 9.97 Å². The predicted molar refractivity (Wildman–Crippen MR) is 94.2 cm³/mol. The Balaban J connectivity index is 2.03. The third kappa shape index (κ3) is 2.42. The number of carbonyl (C=O) groups is 1. The van der Waals surface area contributed by atoms with Crippen LogP contribution in [0.3, 0.4) is 0 Å². The number of rotatable bonds is 1. The van der Waals surface area contributed by atoms with Crippen molar-refractivity contribution in [1.29, 1.82) is 0 Å². The molecule has 2 aliphatic rings. The van der Waals surface area contributed by atoms with E-state index >= 15 is 0 Å². The number of halogens is 2. The molecule has 130 valence electrons. The van der Waals surface area contributed by atoms with Gasteiger partial charge in [0.15, 0.2) is 0 Å². The lowest BCUT2D eigenvalue weighted by Crippen LogP contribution is -2.50. The monoisotopic (exact) mass is 358 g/mol. The number of nitrogens with zero attached hydrogens (tertiary/aromatic N) is 2. The molecule has 25 heavy (non-hydrogen) atoms. The second kappa shape index (κ2) is 5.87. The van der Waals surface area contributed by atoms with Gasteiger partial charge in [-0.1, -0.05) is 30.7 Å². The lowest BCUT2D eigenvalue weighted by molar-refractivity contribution is -0.128. The molecule has 0 saturated heterocycles. The van der Waals surface area contributed by atoms with E-state index < -0.39 is 5.41 Å². The molecule has 0 unspecified atom stereocenters. The summed E-state index contributed by atoms with van der Waals surface area (Å²) < 4.78 is 14.1. The van der Waals surface area contributed by atoms with Gasteiger partial charge >= 0.3 is 0 Å². The van der Waals surface area contributed by atoms with Crippen LogP contribution in [0, 0.1) is 24.6 Å². The minimum absolute atomic E-state index is 0.0702. The zero-order valence-electron chi connectivity index (χ0n) is 14.4. The van der Waals surface area contributed by atoms with Gasteiger partial charge in [0.05, 0.1) is 5.69 Å². The van der Waals surface area contributed by atoms with Crippen molar-refractivity contribution < 1.29 is 9.18 Å². The first-order valence-corrected chi connectivity index (χ1v) is 9.13. The average molecular weight is 359 g/mol. The molecule has 1 aromatic carbocycles. The van der Waals surface area contributed by atoms with Crippen LogP contribution in [0.15, 0.2) is 24.3 Å². The molecule has 1 saturated carbocycles. The highest BCUT2D eigenvalue weighted by Gasteiger charge is 2.53. The van der Waals surface area contributed by atoms with Crippen LogP contribution in [0.4, 0.5) is 4.39 Å². The summed E-state index contributed by atoms with van der Waals surface area (Å²) in [5.41, 5.74) is 2.27. The Labute approximate surface area is 151 Å². The third-order valence-electron chi connectivity index (χ3n) is 6.05. The zero-order chi connectivity index (χ0) is 17.8. The van der Waals surface area contributed by atoms with Crippen LogP contribution in [0.5, 0.6) is 0 Å². The Kier molecular flexibility index (Phi) is 3.91. The summed E-state index contributed by atoms with van der Waals surface area (Å²) in [6.07, 6.45) is 2.72. The van der Waals surface area contributed by atoms with E-state index in [1.807, 2.05) is 19.9 Å². The molecule has 0 radical (unpaired) electrons. The van der Waals surface area contributed by atoms with Gasteiger partial charge in [0.25, 0.3) is 0 Å². The number of Topliss-reactive ketones (excluding diaryl/α,β-unsaturated/α-hetero) is 1. The average Bonchev–Trinajstić information content (AvgIpc) is 2.58. The molecular formula is C20H20ClFN2O.